The molecule has 0 aromatic carbocycles. The van der Waals surface area contributed by atoms with Crippen molar-refractivity contribution in [1.29, 1.82) is 5.41 Å². The van der Waals surface area contributed by atoms with Crippen LogP contribution in [0.15, 0.2) is 0 Å². The molecule has 0 aromatic rings. The van der Waals surface area contributed by atoms with E-state index in [9.17, 15) is 4.79 Å². The van der Waals surface area contributed by atoms with Crippen molar-refractivity contribution in [3.05, 3.63) is 0 Å². The first kappa shape index (κ1) is 15.8. The minimum absolute atomic E-state index is 0. The third-order valence-electron chi connectivity index (χ3n) is 2.29. The van der Waals surface area contributed by atoms with E-state index < -0.39 is 0 Å². The van der Waals surface area contributed by atoms with Crippen LogP contribution in [0, 0.1) is 5.41 Å². The SMILES string of the molecule is CCOC(=O)N1CCN(C(=N)SC)CC1.I. The molecule has 0 radical (unpaired) electrons. The van der Waals surface area contributed by atoms with Crippen LogP contribution in [0.2, 0.25) is 0 Å². The zero-order valence-electron chi connectivity index (χ0n) is 9.56. The number of rotatable bonds is 1. The van der Waals surface area contributed by atoms with Gasteiger partial charge < -0.3 is 14.5 Å². The monoisotopic (exact) mass is 359 g/mol. The summed E-state index contributed by atoms with van der Waals surface area (Å²) in [4.78, 5) is 15.0. The molecule has 16 heavy (non-hydrogen) atoms. The lowest BCUT2D eigenvalue weighted by Gasteiger charge is -2.34. The number of hydrogen-bond donors (Lipinski definition) is 1. The molecule has 5 nitrogen and oxygen atoms in total. The van der Waals surface area contributed by atoms with Crippen LogP contribution in [-0.2, 0) is 4.74 Å². The number of hydrogen-bond acceptors (Lipinski definition) is 4. The Bertz CT molecular complexity index is 245. The van der Waals surface area contributed by atoms with E-state index >= 15 is 0 Å². The number of nitrogens with zero attached hydrogens (tertiary/aromatic N) is 2. The molecule has 0 atom stereocenters. The van der Waals surface area contributed by atoms with Crippen molar-refractivity contribution < 1.29 is 9.53 Å². The fraction of sp³-hybridized carbons (Fsp3) is 0.778. The molecule has 1 aliphatic rings. The molecular weight excluding hydrogens is 341 g/mol. The molecule has 0 bridgehead atoms. The topological polar surface area (TPSA) is 56.6 Å². The van der Waals surface area contributed by atoms with Crippen molar-refractivity contribution in [2.45, 2.75) is 6.92 Å². The molecular formula is C9H18IN3O2S. The fourth-order valence-corrected chi connectivity index (χ4v) is 1.88. The van der Waals surface area contributed by atoms with E-state index in [2.05, 4.69) is 0 Å². The highest BCUT2D eigenvalue weighted by Gasteiger charge is 2.22. The van der Waals surface area contributed by atoms with E-state index in [0.29, 0.717) is 24.9 Å². The maximum absolute atomic E-state index is 11.4. The molecule has 94 valence electrons. The van der Waals surface area contributed by atoms with Crippen LogP contribution >= 0.6 is 35.7 Å². The van der Waals surface area contributed by atoms with Crippen LogP contribution in [0.4, 0.5) is 4.79 Å². The summed E-state index contributed by atoms with van der Waals surface area (Å²) in [6, 6.07) is 0. The average Bonchev–Trinajstić information content (AvgIpc) is 2.28. The van der Waals surface area contributed by atoms with Gasteiger partial charge in [-0.05, 0) is 13.2 Å². The van der Waals surface area contributed by atoms with Gasteiger partial charge in [-0.1, -0.05) is 11.8 Å². The summed E-state index contributed by atoms with van der Waals surface area (Å²) in [5, 5.41) is 8.21. The van der Waals surface area contributed by atoms with E-state index in [1.54, 1.807) is 11.8 Å². The Morgan fingerprint density at radius 3 is 2.25 bits per heavy atom. The molecule has 1 rings (SSSR count). The van der Waals surface area contributed by atoms with Crippen molar-refractivity contribution in [3.63, 3.8) is 0 Å². The van der Waals surface area contributed by atoms with Crippen LogP contribution in [0.5, 0.6) is 0 Å². The third kappa shape index (κ3) is 4.36. The van der Waals surface area contributed by atoms with Gasteiger partial charge >= 0.3 is 6.09 Å². The molecule has 0 aromatic heterocycles. The van der Waals surface area contributed by atoms with Gasteiger partial charge in [0, 0.05) is 26.2 Å². The summed E-state index contributed by atoms with van der Waals surface area (Å²) in [6.07, 6.45) is 1.65. The van der Waals surface area contributed by atoms with Gasteiger partial charge in [0.2, 0.25) is 0 Å². The van der Waals surface area contributed by atoms with Crippen molar-refractivity contribution in [2.75, 3.05) is 39.0 Å². The molecule has 0 saturated carbocycles. The highest BCUT2D eigenvalue weighted by Crippen LogP contribution is 2.08. The molecule has 1 N–H and O–H groups in total. The summed E-state index contributed by atoms with van der Waals surface area (Å²) >= 11 is 1.43. The zero-order chi connectivity index (χ0) is 11.3. The lowest BCUT2D eigenvalue weighted by Crippen LogP contribution is -2.50. The van der Waals surface area contributed by atoms with Gasteiger partial charge in [0.15, 0.2) is 5.17 Å². The predicted octanol–water partition coefficient (Wildman–Crippen LogP) is 1.68. The quantitative estimate of drug-likeness (QED) is 0.440. The second kappa shape index (κ2) is 7.99. The van der Waals surface area contributed by atoms with Gasteiger partial charge in [-0.3, -0.25) is 5.41 Å². The van der Waals surface area contributed by atoms with E-state index in [0.717, 1.165) is 13.1 Å². The van der Waals surface area contributed by atoms with Gasteiger partial charge in [-0.15, -0.1) is 24.0 Å². The van der Waals surface area contributed by atoms with E-state index in [4.69, 9.17) is 10.1 Å². The van der Waals surface area contributed by atoms with Gasteiger partial charge in [-0.25, -0.2) is 4.79 Å². The minimum atomic E-state index is -0.243. The van der Waals surface area contributed by atoms with Crippen LogP contribution in [0.3, 0.4) is 0 Å². The second-order valence-corrected chi connectivity index (χ2v) is 3.98. The number of nitrogens with one attached hydrogen (secondary N) is 1. The summed E-state index contributed by atoms with van der Waals surface area (Å²) in [5.74, 6) is 0. The Morgan fingerprint density at radius 2 is 1.81 bits per heavy atom. The molecule has 0 aliphatic carbocycles. The molecule has 1 amide bonds. The number of piperazine rings is 1. The van der Waals surface area contributed by atoms with Crippen LogP contribution < -0.4 is 0 Å². The molecule has 1 aliphatic heterocycles. The molecule has 0 unspecified atom stereocenters. The Hall–Kier alpha value is -0.180. The van der Waals surface area contributed by atoms with E-state index in [-0.39, 0.29) is 30.1 Å². The second-order valence-electron chi connectivity index (χ2n) is 3.18. The summed E-state index contributed by atoms with van der Waals surface area (Å²) in [5.41, 5.74) is 0. The van der Waals surface area contributed by atoms with Gasteiger partial charge in [0.1, 0.15) is 0 Å². The van der Waals surface area contributed by atoms with E-state index in [1.807, 2.05) is 11.2 Å². The summed E-state index contributed by atoms with van der Waals surface area (Å²) in [6.45, 7) is 4.94. The Kier molecular flexibility index (Phi) is 7.90. The van der Waals surface area contributed by atoms with E-state index in [1.165, 1.54) is 11.8 Å². The highest BCUT2D eigenvalue weighted by atomic mass is 127. The van der Waals surface area contributed by atoms with Crippen LogP contribution in [-0.4, -0.2) is 60.1 Å². The third-order valence-corrected chi connectivity index (χ3v) is 2.93. The number of carbonyl (C=O) groups excluding carboxylic acids is 1. The maximum Gasteiger partial charge on any atom is 0.409 e. The normalized spacial score (nSPS) is 15.4. The Labute approximate surface area is 117 Å². The highest BCUT2D eigenvalue weighted by molar-refractivity contribution is 14.0. The lowest BCUT2D eigenvalue weighted by molar-refractivity contribution is 0.0923. The van der Waals surface area contributed by atoms with Crippen molar-refractivity contribution in [2.24, 2.45) is 0 Å². The first-order valence-corrected chi connectivity index (χ1v) is 6.20. The first-order valence-electron chi connectivity index (χ1n) is 4.98. The standard InChI is InChI=1S/C9H17N3O2S.HI/c1-3-14-9(13)12-6-4-11(5-7-12)8(10)15-2;/h10H,3-7H2,1-2H3;1H. The number of ether oxygens (including phenoxy) is 1. The molecule has 1 saturated heterocycles. The average molecular weight is 359 g/mol. The Morgan fingerprint density at radius 1 is 1.31 bits per heavy atom. The number of halogens is 1. The molecule has 1 heterocycles. The summed E-state index contributed by atoms with van der Waals surface area (Å²) < 4.78 is 4.91. The van der Waals surface area contributed by atoms with Gasteiger partial charge in [-0.2, -0.15) is 0 Å². The Balaban J connectivity index is 0.00000225. The minimum Gasteiger partial charge on any atom is -0.450 e. The van der Waals surface area contributed by atoms with Gasteiger partial charge in [0.25, 0.3) is 0 Å². The number of carbonyl (C=O) groups is 1. The molecule has 1 fully saturated rings. The van der Waals surface area contributed by atoms with Crippen LogP contribution in [0.1, 0.15) is 6.92 Å². The predicted molar refractivity (Wildman–Crippen MR) is 76.8 cm³/mol. The maximum atomic E-state index is 11.4. The van der Waals surface area contributed by atoms with Crippen molar-refractivity contribution >= 4 is 47.0 Å². The van der Waals surface area contributed by atoms with Crippen molar-refractivity contribution in [3.8, 4) is 0 Å². The van der Waals surface area contributed by atoms with Crippen LogP contribution in [0.25, 0.3) is 0 Å². The number of amides is 1. The molecule has 0 spiro atoms. The van der Waals surface area contributed by atoms with Crippen molar-refractivity contribution in [1.82, 2.24) is 9.80 Å². The first-order chi connectivity index (χ1) is 7.19. The lowest BCUT2D eigenvalue weighted by atomic mass is 10.3. The zero-order valence-corrected chi connectivity index (χ0v) is 12.7. The smallest absolute Gasteiger partial charge is 0.409 e. The largest absolute Gasteiger partial charge is 0.450 e. The van der Waals surface area contributed by atoms with Gasteiger partial charge in [0.05, 0.1) is 6.61 Å². The fourth-order valence-electron chi connectivity index (χ4n) is 1.44. The summed E-state index contributed by atoms with van der Waals surface area (Å²) in [7, 11) is 0. The number of thioether (sulfide) groups is 1. The number of amidine groups is 1. The molecule has 7 heteroatoms.